The number of nitrogens with one attached hydrogen (secondary N) is 1. The Morgan fingerprint density at radius 2 is 1.88 bits per heavy atom. The number of nitrogens with zero attached hydrogens (tertiary/aromatic N) is 3. The minimum atomic E-state index is -1.17. The van der Waals surface area contributed by atoms with Gasteiger partial charge in [0.05, 0.1) is 18.1 Å². The lowest BCUT2D eigenvalue weighted by Crippen LogP contribution is -2.41. The summed E-state index contributed by atoms with van der Waals surface area (Å²) in [5.74, 6) is -0.932. The summed E-state index contributed by atoms with van der Waals surface area (Å²) >= 11 is 0. The summed E-state index contributed by atoms with van der Waals surface area (Å²) in [6, 6.07) is 17.0. The van der Waals surface area contributed by atoms with Crippen molar-refractivity contribution in [3.05, 3.63) is 48.0 Å². The van der Waals surface area contributed by atoms with Gasteiger partial charge in [-0.15, -0.1) is 0 Å². The monoisotopic (exact) mass is 346 g/mol. The molecule has 2 atom stereocenters. The largest absolute Gasteiger partial charge is 0.325 e. The Morgan fingerprint density at radius 3 is 2.58 bits per heavy atom. The summed E-state index contributed by atoms with van der Waals surface area (Å²) in [5.41, 5.74) is -0.473. The molecule has 1 N–H and O–H groups in total. The zero-order valence-corrected chi connectivity index (χ0v) is 14.4. The fraction of sp³-hybridized carbons (Fsp3) is 0.300. The van der Waals surface area contributed by atoms with Crippen molar-refractivity contribution in [3.63, 3.8) is 0 Å². The fourth-order valence-electron chi connectivity index (χ4n) is 3.21. The number of urea groups is 1. The summed E-state index contributed by atoms with van der Waals surface area (Å²) in [7, 11) is 0. The maximum atomic E-state index is 13.0. The number of carbonyl (C=O) groups excluding carboxylic acids is 2. The topological polar surface area (TPSA) is 97.0 Å². The van der Waals surface area contributed by atoms with Crippen LogP contribution in [0.5, 0.6) is 0 Å². The Bertz CT molecular complexity index is 956. The van der Waals surface area contributed by atoms with E-state index in [9.17, 15) is 14.9 Å². The Balaban J connectivity index is 1.88. The second-order valence-electron chi connectivity index (χ2n) is 6.56. The molecule has 1 saturated heterocycles. The van der Waals surface area contributed by atoms with E-state index in [1.165, 1.54) is 0 Å². The van der Waals surface area contributed by atoms with Crippen LogP contribution in [0.25, 0.3) is 10.8 Å². The van der Waals surface area contributed by atoms with Crippen molar-refractivity contribution in [2.45, 2.75) is 25.3 Å². The lowest BCUT2D eigenvalue weighted by atomic mass is 9.90. The van der Waals surface area contributed by atoms with Gasteiger partial charge in [0.15, 0.2) is 0 Å². The molecule has 6 nitrogen and oxygen atoms in total. The van der Waals surface area contributed by atoms with Crippen LogP contribution in [0.4, 0.5) is 4.79 Å². The lowest BCUT2D eigenvalue weighted by Gasteiger charge is -2.23. The molecule has 130 valence electrons. The Labute approximate surface area is 151 Å². The average Bonchev–Trinajstić information content (AvgIpc) is 2.88. The molecule has 0 saturated carbocycles. The number of carbonyl (C=O) groups is 2. The van der Waals surface area contributed by atoms with Crippen LogP contribution >= 0.6 is 0 Å². The van der Waals surface area contributed by atoms with Gasteiger partial charge in [-0.25, -0.2) is 4.79 Å². The minimum Gasteiger partial charge on any atom is -0.319 e. The highest BCUT2D eigenvalue weighted by Gasteiger charge is 2.49. The van der Waals surface area contributed by atoms with Crippen LogP contribution in [0.2, 0.25) is 0 Å². The third kappa shape index (κ3) is 2.98. The standard InChI is InChI=1S/C20H18N4O2/c1-20(17-9-8-15-6-2-3-7-16(15)11-17)18(25)24(19(26)23-20)13-14(12-22)5-4-10-21/h2-3,6-9,11,14H,4-5,13H2,1H3,(H,23,26)/t14-,20+/m1/s1. The molecule has 2 aromatic carbocycles. The molecule has 0 aliphatic carbocycles. The first-order valence-corrected chi connectivity index (χ1v) is 8.39. The zero-order valence-electron chi connectivity index (χ0n) is 14.4. The number of imide groups is 1. The molecule has 0 bridgehead atoms. The third-order valence-electron chi connectivity index (χ3n) is 4.79. The number of nitriles is 2. The summed E-state index contributed by atoms with van der Waals surface area (Å²) < 4.78 is 0. The highest BCUT2D eigenvalue weighted by molar-refractivity contribution is 6.07. The smallest absolute Gasteiger partial charge is 0.319 e. The van der Waals surface area contributed by atoms with Crippen molar-refractivity contribution >= 4 is 22.7 Å². The van der Waals surface area contributed by atoms with E-state index in [0.29, 0.717) is 12.0 Å². The average molecular weight is 346 g/mol. The number of hydrogen-bond acceptors (Lipinski definition) is 4. The first-order valence-electron chi connectivity index (χ1n) is 8.39. The van der Waals surface area contributed by atoms with Gasteiger partial charge >= 0.3 is 6.03 Å². The van der Waals surface area contributed by atoms with Gasteiger partial charge in [0, 0.05) is 13.0 Å². The van der Waals surface area contributed by atoms with E-state index in [4.69, 9.17) is 5.26 Å². The van der Waals surface area contributed by atoms with Crippen LogP contribution in [0.3, 0.4) is 0 Å². The molecule has 0 aromatic heterocycles. The highest BCUT2D eigenvalue weighted by atomic mass is 16.2. The van der Waals surface area contributed by atoms with Crippen LogP contribution in [0.15, 0.2) is 42.5 Å². The van der Waals surface area contributed by atoms with Crippen LogP contribution in [-0.4, -0.2) is 23.4 Å². The van der Waals surface area contributed by atoms with E-state index in [2.05, 4.69) is 11.4 Å². The van der Waals surface area contributed by atoms with Crippen molar-refractivity contribution < 1.29 is 9.59 Å². The molecular formula is C20H18N4O2. The molecule has 0 radical (unpaired) electrons. The number of rotatable bonds is 5. The van der Waals surface area contributed by atoms with Crippen LogP contribution in [0.1, 0.15) is 25.3 Å². The Kier molecular flexibility index (Phi) is 4.60. The van der Waals surface area contributed by atoms with E-state index < -0.39 is 17.5 Å². The summed E-state index contributed by atoms with van der Waals surface area (Å²) in [6.07, 6.45) is 0.542. The molecule has 0 spiro atoms. The molecule has 3 rings (SSSR count). The summed E-state index contributed by atoms with van der Waals surface area (Å²) in [5, 5.41) is 22.7. The van der Waals surface area contributed by atoms with Crippen molar-refractivity contribution in [1.29, 1.82) is 10.5 Å². The van der Waals surface area contributed by atoms with Gasteiger partial charge in [-0.2, -0.15) is 10.5 Å². The lowest BCUT2D eigenvalue weighted by molar-refractivity contribution is -0.131. The van der Waals surface area contributed by atoms with Crippen molar-refractivity contribution in [3.8, 4) is 12.1 Å². The van der Waals surface area contributed by atoms with Gasteiger partial charge in [-0.3, -0.25) is 9.69 Å². The fourth-order valence-corrected chi connectivity index (χ4v) is 3.21. The molecular weight excluding hydrogens is 328 g/mol. The second kappa shape index (κ2) is 6.85. The van der Waals surface area contributed by atoms with Crippen molar-refractivity contribution in [1.82, 2.24) is 10.2 Å². The maximum absolute atomic E-state index is 13.0. The van der Waals surface area contributed by atoms with Gasteiger partial charge in [0.25, 0.3) is 5.91 Å². The minimum absolute atomic E-state index is 0.00792. The molecule has 1 fully saturated rings. The predicted molar refractivity (Wildman–Crippen MR) is 95.5 cm³/mol. The molecule has 1 aliphatic heterocycles. The van der Waals surface area contributed by atoms with Crippen molar-refractivity contribution in [2.75, 3.05) is 6.54 Å². The van der Waals surface area contributed by atoms with Gasteiger partial charge in [-0.1, -0.05) is 36.4 Å². The second-order valence-corrected chi connectivity index (χ2v) is 6.56. The van der Waals surface area contributed by atoms with E-state index in [0.717, 1.165) is 15.7 Å². The molecule has 6 heteroatoms. The van der Waals surface area contributed by atoms with E-state index >= 15 is 0 Å². The van der Waals surface area contributed by atoms with Crippen LogP contribution < -0.4 is 5.32 Å². The Hall–Kier alpha value is -3.38. The van der Waals surface area contributed by atoms with Gasteiger partial charge in [0.1, 0.15) is 5.54 Å². The Morgan fingerprint density at radius 1 is 1.15 bits per heavy atom. The predicted octanol–water partition coefficient (Wildman–Crippen LogP) is 3.05. The van der Waals surface area contributed by atoms with Gasteiger partial charge in [-0.05, 0) is 35.7 Å². The summed E-state index contributed by atoms with van der Waals surface area (Å²) in [6.45, 7) is 1.67. The van der Waals surface area contributed by atoms with E-state index in [1.54, 1.807) is 6.92 Å². The van der Waals surface area contributed by atoms with E-state index in [1.807, 2.05) is 48.5 Å². The zero-order chi connectivity index (χ0) is 18.7. The highest BCUT2D eigenvalue weighted by Crippen LogP contribution is 2.31. The first-order chi connectivity index (χ1) is 12.5. The maximum Gasteiger partial charge on any atom is 0.325 e. The SMILES string of the molecule is C[C@@]1(c2ccc3ccccc3c2)NC(=O)N(C[C@@H](C#N)CCC#N)C1=O. The third-order valence-corrected chi connectivity index (χ3v) is 4.79. The molecule has 26 heavy (non-hydrogen) atoms. The number of hydrogen-bond donors (Lipinski definition) is 1. The van der Waals surface area contributed by atoms with Crippen LogP contribution in [0, 0.1) is 28.6 Å². The number of benzene rings is 2. The van der Waals surface area contributed by atoms with Gasteiger partial charge in [0.2, 0.25) is 0 Å². The van der Waals surface area contributed by atoms with Gasteiger partial charge < -0.3 is 5.32 Å². The summed E-state index contributed by atoms with van der Waals surface area (Å²) in [4.78, 5) is 26.4. The number of fused-ring (bicyclic) bond motifs is 1. The molecule has 3 amide bonds. The number of amides is 3. The molecule has 0 unspecified atom stereocenters. The first kappa shape index (κ1) is 17.4. The molecule has 2 aromatic rings. The normalized spacial score (nSPS) is 20.5. The molecule has 1 heterocycles. The quantitative estimate of drug-likeness (QED) is 0.841. The molecule has 1 aliphatic rings. The van der Waals surface area contributed by atoms with Crippen molar-refractivity contribution in [2.24, 2.45) is 5.92 Å². The van der Waals surface area contributed by atoms with E-state index in [-0.39, 0.29) is 18.9 Å². The van der Waals surface area contributed by atoms with Crippen LogP contribution in [-0.2, 0) is 10.3 Å².